The van der Waals surface area contributed by atoms with Crippen LogP contribution in [0.3, 0.4) is 0 Å². The van der Waals surface area contributed by atoms with E-state index in [0.29, 0.717) is 24.3 Å². The Balaban J connectivity index is 1.76. The van der Waals surface area contributed by atoms with Gasteiger partial charge >= 0.3 is 0 Å². The summed E-state index contributed by atoms with van der Waals surface area (Å²) in [7, 11) is 1.60. The molecule has 7 heteroatoms. The molecule has 0 saturated carbocycles. The molecule has 1 aromatic heterocycles. The molecule has 144 valence electrons. The molecule has 0 saturated heterocycles. The van der Waals surface area contributed by atoms with Crippen molar-refractivity contribution < 1.29 is 14.3 Å². The lowest BCUT2D eigenvalue weighted by Gasteiger charge is -2.12. The Morgan fingerprint density at radius 1 is 1.04 bits per heavy atom. The standard InChI is InChI=1S/C21H22N4O3/c1-15(26)22-11-16-12-24-25(14-16)19-9-5-4-8-18(19)21(27)23-13-17-7-3-6-10-20(17)28-2/h3-10,12,14H,11,13H2,1-2H3,(H,22,26)(H,23,27). The Hall–Kier alpha value is -3.61. The predicted molar refractivity (Wildman–Crippen MR) is 105 cm³/mol. The zero-order valence-corrected chi connectivity index (χ0v) is 15.8. The van der Waals surface area contributed by atoms with Gasteiger partial charge in [0.05, 0.1) is 24.6 Å². The van der Waals surface area contributed by atoms with E-state index < -0.39 is 0 Å². The molecule has 3 aromatic rings. The number of aromatic nitrogens is 2. The lowest BCUT2D eigenvalue weighted by molar-refractivity contribution is -0.119. The van der Waals surface area contributed by atoms with E-state index in [4.69, 9.17) is 4.74 Å². The van der Waals surface area contributed by atoms with Crippen molar-refractivity contribution in [3.63, 3.8) is 0 Å². The van der Waals surface area contributed by atoms with Gasteiger partial charge in [-0.2, -0.15) is 5.10 Å². The topological polar surface area (TPSA) is 85.2 Å². The molecule has 0 fully saturated rings. The molecule has 0 spiro atoms. The van der Waals surface area contributed by atoms with E-state index in [0.717, 1.165) is 16.9 Å². The number of ether oxygens (including phenoxy) is 1. The predicted octanol–water partition coefficient (Wildman–Crippen LogP) is 2.45. The molecule has 0 aliphatic heterocycles. The summed E-state index contributed by atoms with van der Waals surface area (Å²) in [5.74, 6) is 0.412. The van der Waals surface area contributed by atoms with Gasteiger partial charge in [0.1, 0.15) is 5.75 Å². The van der Waals surface area contributed by atoms with Crippen LogP contribution in [0.1, 0.15) is 28.4 Å². The van der Waals surface area contributed by atoms with E-state index >= 15 is 0 Å². The molecule has 0 unspecified atom stereocenters. The van der Waals surface area contributed by atoms with Gasteiger partial charge in [0.15, 0.2) is 0 Å². The third kappa shape index (κ3) is 4.56. The molecule has 28 heavy (non-hydrogen) atoms. The highest BCUT2D eigenvalue weighted by Crippen LogP contribution is 2.18. The summed E-state index contributed by atoms with van der Waals surface area (Å²) in [5.41, 5.74) is 2.91. The highest BCUT2D eigenvalue weighted by atomic mass is 16.5. The summed E-state index contributed by atoms with van der Waals surface area (Å²) >= 11 is 0. The number of carbonyl (C=O) groups excluding carboxylic acids is 2. The van der Waals surface area contributed by atoms with Crippen molar-refractivity contribution in [1.29, 1.82) is 0 Å². The van der Waals surface area contributed by atoms with E-state index in [-0.39, 0.29) is 11.8 Å². The van der Waals surface area contributed by atoms with Crippen LogP contribution < -0.4 is 15.4 Å². The molecular weight excluding hydrogens is 356 g/mol. The van der Waals surface area contributed by atoms with Crippen molar-refractivity contribution in [3.8, 4) is 11.4 Å². The number of nitrogens with one attached hydrogen (secondary N) is 2. The molecule has 0 atom stereocenters. The Morgan fingerprint density at radius 2 is 1.79 bits per heavy atom. The third-order valence-electron chi connectivity index (χ3n) is 4.20. The normalized spacial score (nSPS) is 10.4. The van der Waals surface area contributed by atoms with Gasteiger partial charge in [0, 0.05) is 37.3 Å². The highest BCUT2D eigenvalue weighted by Gasteiger charge is 2.14. The number of hydrogen-bond donors (Lipinski definition) is 2. The monoisotopic (exact) mass is 378 g/mol. The molecule has 0 aliphatic carbocycles. The summed E-state index contributed by atoms with van der Waals surface area (Å²) in [6.45, 7) is 2.20. The van der Waals surface area contributed by atoms with Gasteiger partial charge in [-0.25, -0.2) is 4.68 Å². The van der Waals surface area contributed by atoms with Crippen molar-refractivity contribution in [2.45, 2.75) is 20.0 Å². The molecular formula is C21H22N4O3. The second kappa shape index (κ2) is 8.85. The lowest BCUT2D eigenvalue weighted by atomic mass is 10.1. The summed E-state index contributed by atoms with van der Waals surface area (Å²) in [6.07, 6.45) is 3.46. The van der Waals surface area contributed by atoms with Crippen molar-refractivity contribution in [2.75, 3.05) is 7.11 Å². The van der Waals surface area contributed by atoms with Crippen LogP contribution >= 0.6 is 0 Å². The van der Waals surface area contributed by atoms with Crippen LogP contribution in [0.2, 0.25) is 0 Å². The van der Waals surface area contributed by atoms with Crippen LogP contribution in [0.5, 0.6) is 5.75 Å². The van der Waals surface area contributed by atoms with E-state index in [9.17, 15) is 9.59 Å². The second-order valence-electron chi connectivity index (χ2n) is 6.21. The van der Waals surface area contributed by atoms with Crippen LogP contribution in [0, 0.1) is 0 Å². The minimum Gasteiger partial charge on any atom is -0.496 e. The summed E-state index contributed by atoms with van der Waals surface area (Å²) < 4.78 is 6.96. The summed E-state index contributed by atoms with van der Waals surface area (Å²) in [4.78, 5) is 23.9. The Bertz CT molecular complexity index is 981. The maximum atomic E-state index is 12.8. The van der Waals surface area contributed by atoms with Gasteiger partial charge in [0.25, 0.3) is 5.91 Å². The molecule has 2 N–H and O–H groups in total. The zero-order valence-electron chi connectivity index (χ0n) is 15.8. The first kappa shape index (κ1) is 19.2. The first-order valence-corrected chi connectivity index (χ1v) is 8.86. The van der Waals surface area contributed by atoms with Crippen molar-refractivity contribution in [3.05, 3.63) is 77.6 Å². The number of hydrogen-bond acceptors (Lipinski definition) is 4. The maximum absolute atomic E-state index is 12.8. The summed E-state index contributed by atoms with van der Waals surface area (Å²) in [6, 6.07) is 14.8. The van der Waals surface area contributed by atoms with Gasteiger partial charge in [-0.3, -0.25) is 9.59 Å². The number of methoxy groups -OCH3 is 1. The van der Waals surface area contributed by atoms with Crippen molar-refractivity contribution >= 4 is 11.8 Å². The number of amides is 2. The molecule has 3 rings (SSSR count). The van der Waals surface area contributed by atoms with Crippen LogP contribution in [0.25, 0.3) is 5.69 Å². The minimum absolute atomic E-state index is 0.108. The van der Waals surface area contributed by atoms with Crippen molar-refractivity contribution in [2.24, 2.45) is 0 Å². The maximum Gasteiger partial charge on any atom is 0.253 e. The zero-order chi connectivity index (χ0) is 19.9. The molecule has 0 aliphatic rings. The van der Waals surface area contributed by atoms with Gasteiger partial charge in [0.2, 0.25) is 5.91 Å². The molecule has 2 amide bonds. The first-order valence-electron chi connectivity index (χ1n) is 8.86. The van der Waals surface area contributed by atoms with E-state index in [1.165, 1.54) is 6.92 Å². The average Bonchev–Trinajstić information content (AvgIpc) is 3.19. The van der Waals surface area contributed by atoms with Crippen LogP contribution in [0.4, 0.5) is 0 Å². The molecule has 0 bridgehead atoms. The first-order chi connectivity index (χ1) is 13.6. The van der Waals surface area contributed by atoms with E-state index in [1.54, 1.807) is 30.3 Å². The number of para-hydroxylation sites is 2. The SMILES string of the molecule is COc1ccccc1CNC(=O)c1ccccc1-n1cc(CNC(C)=O)cn1. The third-order valence-corrected chi connectivity index (χ3v) is 4.20. The highest BCUT2D eigenvalue weighted by molar-refractivity contribution is 5.97. The number of rotatable bonds is 7. The number of nitrogens with zero attached hydrogens (tertiary/aromatic N) is 2. The quantitative estimate of drug-likeness (QED) is 0.661. The van der Waals surface area contributed by atoms with E-state index in [1.807, 2.05) is 42.5 Å². The fraction of sp³-hybridized carbons (Fsp3) is 0.190. The van der Waals surface area contributed by atoms with Gasteiger partial charge in [-0.15, -0.1) is 0 Å². The van der Waals surface area contributed by atoms with Gasteiger partial charge in [-0.05, 0) is 18.2 Å². The Labute approximate surface area is 163 Å². The fourth-order valence-electron chi connectivity index (χ4n) is 2.79. The summed E-state index contributed by atoms with van der Waals surface area (Å²) in [5, 5.41) is 9.98. The molecule has 1 heterocycles. The fourth-order valence-corrected chi connectivity index (χ4v) is 2.79. The number of carbonyl (C=O) groups is 2. The van der Waals surface area contributed by atoms with Gasteiger partial charge in [-0.1, -0.05) is 30.3 Å². The average molecular weight is 378 g/mol. The minimum atomic E-state index is -0.208. The Morgan fingerprint density at radius 3 is 2.57 bits per heavy atom. The van der Waals surface area contributed by atoms with Crippen LogP contribution in [-0.2, 0) is 17.9 Å². The molecule has 2 aromatic carbocycles. The lowest BCUT2D eigenvalue weighted by Crippen LogP contribution is -2.24. The van der Waals surface area contributed by atoms with Gasteiger partial charge < -0.3 is 15.4 Å². The smallest absolute Gasteiger partial charge is 0.253 e. The van der Waals surface area contributed by atoms with Crippen LogP contribution in [-0.4, -0.2) is 28.7 Å². The largest absolute Gasteiger partial charge is 0.496 e. The Kier molecular flexibility index (Phi) is 6.06. The number of benzene rings is 2. The molecule has 7 nitrogen and oxygen atoms in total. The second-order valence-corrected chi connectivity index (χ2v) is 6.21. The molecule has 0 radical (unpaired) electrons. The van der Waals surface area contributed by atoms with E-state index in [2.05, 4.69) is 15.7 Å². The van der Waals surface area contributed by atoms with Crippen LogP contribution in [0.15, 0.2) is 60.9 Å². The van der Waals surface area contributed by atoms with Crippen molar-refractivity contribution in [1.82, 2.24) is 20.4 Å².